The zero-order valence-corrected chi connectivity index (χ0v) is 9.74. The van der Waals surface area contributed by atoms with Gasteiger partial charge in [-0.3, -0.25) is 0 Å². The van der Waals surface area contributed by atoms with Crippen molar-refractivity contribution in [1.29, 1.82) is 0 Å². The van der Waals surface area contributed by atoms with Crippen LogP contribution in [0.25, 0.3) is 0 Å². The average molecular weight is 214 g/mol. The van der Waals surface area contributed by atoms with Crippen LogP contribution < -0.4 is 0 Å². The predicted octanol–water partition coefficient (Wildman–Crippen LogP) is 2.22. The minimum atomic E-state index is -0.476. The third-order valence-electron chi connectivity index (χ3n) is 3.50. The molecule has 0 saturated carbocycles. The first kappa shape index (κ1) is 11.4. The molecule has 0 aliphatic carbocycles. The molecule has 1 spiro atoms. The monoisotopic (exact) mass is 214 g/mol. The van der Waals surface area contributed by atoms with E-state index < -0.39 is 5.79 Å². The maximum Gasteiger partial charge on any atom is 0.171 e. The SMILES string of the molecule is CC[C@H]1C[C@@H](O)C[C@@]2(CCC[C@H](C)O2)O1. The Labute approximate surface area is 91.8 Å². The van der Waals surface area contributed by atoms with Crippen LogP contribution in [0.5, 0.6) is 0 Å². The molecule has 0 aromatic rings. The second-order valence-corrected chi connectivity index (χ2v) is 4.97. The highest BCUT2D eigenvalue weighted by Crippen LogP contribution is 2.39. The lowest BCUT2D eigenvalue weighted by molar-refractivity contribution is -0.324. The summed E-state index contributed by atoms with van der Waals surface area (Å²) < 4.78 is 12.0. The van der Waals surface area contributed by atoms with Gasteiger partial charge in [-0.05, 0) is 32.6 Å². The van der Waals surface area contributed by atoms with Crippen LogP contribution in [0.1, 0.15) is 52.4 Å². The summed E-state index contributed by atoms with van der Waals surface area (Å²) in [4.78, 5) is 0. The molecule has 0 aromatic heterocycles. The Morgan fingerprint density at radius 1 is 1.40 bits per heavy atom. The van der Waals surface area contributed by atoms with Crippen molar-refractivity contribution in [3.8, 4) is 0 Å². The smallest absolute Gasteiger partial charge is 0.171 e. The molecular formula is C12H22O3. The lowest BCUT2D eigenvalue weighted by atomic mass is 9.91. The van der Waals surface area contributed by atoms with Crippen LogP contribution in [0.3, 0.4) is 0 Å². The first-order valence-corrected chi connectivity index (χ1v) is 6.17. The van der Waals surface area contributed by atoms with Crippen molar-refractivity contribution < 1.29 is 14.6 Å². The van der Waals surface area contributed by atoms with Gasteiger partial charge in [0, 0.05) is 12.8 Å². The molecule has 0 unspecified atom stereocenters. The minimum absolute atomic E-state index is 0.166. The summed E-state index contributed by atoms with van der Waals surface area (Å²) in [5.41, 5.74) is 0. The summed E-state index contributed by atoms with van der Waals surface area (Å²) >= 11 is 0. The van der Waals surface area contributed by atoms with Gasteiger partial charge >= 0.3 is 0 Å². The molecule has 2 saturated heterocycles. The van der Waals surface area contributed by atoms with E-state index in [1.54, 1.807) is 0 Å². The van der Waals surface area contributed by atoms with Gasteiger partial charge in [0.1, 0.15) is 0 Å². The number of aliphatic hydroxyl groups is 1. The molecule has 3 nitrogen and oxygen atoms in total. The second-order valence-electron chi connectivity index (χ2n) is 4.97. The van der Waals surface area contributed by atoms with E-state index in [1.165, 1.54) is 0 Å². The standard InChI is InChI=1S/C12H22O3/c1-3-11-7-10(13)8-12(15-11)6-4-5-9(2)14-12/h9-11,13H,3-8H2,1-2H3/t9-,10+,11-,12+/m0/s1. The molecule has 1 N–H and O–H groups in total. The lowest BCUT2D eigenvalue weighted by Gasteiger charge is -2.46. The normalized spacial score (nSPS) is 47.0. The predicted molar refractivity (Wildman–Crippen MR) is 57.5 cm³/mol. The highest BCUT2D eigenvalue weighted by atomic mass is 16.7. The largest absolute Gasteiger partial charge is 0.393 e. The summed E-state index contributed by atoms with van der Waals surface area (Å²) in [6, 6.07) is 0. The molecule has 15 heavy (non-hydrogen) atoms. The van der Waals surface area contributed by atoms with Crippen molar-refractivity contribution in [2.45, 2.75) is 76.5 Å². The topological polar surface area (TPSA) is 38.7 Å². The maximum atomic E-state index is 9.85. The van der Waals surface area contributed by atoms with Crippen molar-refractivity contribution in [2.75, 3.05) is 0 Å². The fourth-order valence-corrected chi connectivity index (χ4v) is 2.78. The van der Waals surface area contributed by atoms with Crippen LogP contribution in [0.2, 0.25) is 0 Å². The molecule has 0 radical (unpaired) electrons. The molecule has 2 aliphatic heterocycles. The highest BCUT2D eigenvalue weighted by molar-refractivity contribution is 4.86. The van der Waals surface area contributed by atoms with E-state index in [2.05, 4.69) is 13.8 Å². The van der Waals surface area contributed by atoms with Crippen LogP contribution in [-0.4, -0.2) is 29.2 Å². The zero-order valence-electron chi connectivity index (χ0n) is 9.74. The first-order valence-electron chi connectivity index (χ1n) is 6.17. The van der Waals surface area contributed by atoms with E-state index in [0.29, 0.717) is 6.42 Å². The second kappa shape index (κ2) is 4.40. The van der Waals surface area contributed by atoms with Crippen LogP contribution in [0.4, 0.5) is 0 Å². The molecule has 88 valence electrons. The Morgan fingerprint density at radius 3 is 2.87 bits per heavy atom. The lowest BCUT2D eigenvalue weighted by Crippen LogP contribution is -2.51. The summed E-state index contributed by atoms with van der Waals surface area (Å²) in [7, 11) is 0. The van der Waals surface area contributed by atoms with Gasteiger partial charge < -0.3 is 14.6 Å². The third kappa shape index (κ3) is 2.52. The third-order valence-corrected chi connectivity index (χ3v) is 3.50. The van der Waals surface area contributed by atoms with Gasteiger partial charge in [0.25, 0.3) is 0 Å². The van der Waals surface area contributed by atoms with Gasteiger partial charge in [0.2, 0.25) is 0 Å². The maximum absolute atomic E-state index is 9.85. The fourth-order valence-electron chi connectivity index (χ4n) is 2.78. The van der Waals surface area contributed by atoms with Gasteiger partial charge in [0.05, 0.1) is 18.3 Å². The molecule has 4 atom stereocenters. The van der Waals surface area contributed by atoms with Crippen molar-refractivity contribution in [2.24, 2.45) is 0 Å². The van der Waals surface area contributed by atoms with Crippen LogP contribution in [-0.2, 0) is 9.47 Å². The molecule has 3 heteroatoms. The summed E-state index contributed by atoms with van der Waals surface area (Å²) in [6.45, 7) is 4.19. The van der Waals surface area contributed by atoms with Crippen molar-refractivity contribution in [3.05, 3.63) is 0 Å². The number of ether oxygens (including phenoxy) is 2. The number of hydrogen-bond donors (Lipinski definition) is 1. The summed E-state index contributed by atoms with van der Waals surface area (Å²) in [5.74, 6) is -0.476. The van der Waals surface area contributed by atoms with Crippen molar-refractivity contribution in [3.63, 3.8) is 0 Å². The number of aliphatic hydroxyl groups excluding tert-OH is 1. The molecule has 2 rings (SSSR count). The Kier molecular flexibility index (Phi) is 3.33. The van der Waals surface area contributed by atoms with Gasteiger partial charge in [0.15, 0.2) is 5.79 Å². The van der Waals surface area contributed by atoms with Gasteiger partial charge in [-0.2, -0.15) is 0 Å². The molecule has 0 aromatic carbocycles. The van der Waals surface area contributed by atoms with Gasteiger partial charge in [-0.15, -0.1) is 0 Å². The molecular weight excluding hydrogens is 192 g/mol. The zero-order chi connectivity index (χ0) is 10.9. The van der Waals surface area contributed by atoms with Crippen LogP contribution >= 0.6 is 0 Å². The van der Waals surface area contributed by atoms with E-state index in [-0.39, 0.29) is 18.3 Å². The van der Waals surface area contributed by atoms with Crippen molar-refractivity contribution >= 4 is 0 Å². The highest BCUT2D eigenvalue weighted by Gasteiger charge is 2.44. The average Bonchev–Trinajstić information content (AvgIpc) is 2.15. The van der Waals surface area contributed by atoms with E-state index in [0.717, 1.165) is 32.1 Å². The van der Waals surface area contributed by atoms with Gasteiger partial charge in [-0.25, -0.2) is 0 Å². The van der Waals surface area contributed by atoms with Gasteiger partial charge in [-0.1, -0.05) is 6.92 Å². The van der Waals surface area contributed by atoms with Crippen LogP contribution in [0.15, 0.2) is 0 Å². The molecule has 0 bridgehead atoms. The molecule has 2 aliphatic rings. The summed E-state index contributed by atoms with van der Waals surface area (Å²) in [5, 5.41) is 9.85. The Balaban J connectivity index is 2.05. The van der Waals surface area contributed by atoms with E-state index in [4.69, 9.17) is 9.47 Å². The quantitative estimate of drug-likeness (QED) is 0.727. The molecule has 2 heterocycles. The van der Waals surface area contributed by atoms with E-state index >= 15 is 0 Å². The van der Waals surface area contributed by atoms with E-state index in [9.17, 15) is 5.11 Å². The number of hydrogen-bond acceptors (Lipinski definition) is 3. The van der Waals surface area contributed by atoms with E-state index in [1.807, 2.05) is 0 Å². The Bertz CT molecular complexity index is 215. The molecule has 2 fully saturated rings. The Morgan fingerprint density at radius 2 is 2.20 bits per heavy atom. The van der Waals surface area contributed by atoms with Crippen LogP contribution in [0, 0.1) is 0 Å². The first-order chi connectivity index (χ1) is 7.13. The summed E-state index contributed by atoms with van der Waals surface area (Å²) in [6.07, 6.45) is 5.72. The molecule has 0 amide bonds. The fraction of sp³-hybridized carbons (Fsp3) is 1.00. The van der Waals surface area contributed by atoms with Crippen molar-refractivity contribution in [1.82, 2.24) is 0 Å². The Hall–Kier alpha value is -0.120. The minimum Gasteiger partial charge on any atom is -0.393 e. The number of rotatable bonds is 1.